The molecule has 21 heavy (non-hydrogen) atoms. The molecule has 0 unspecified atom stereocenters. The molecule has 0 bridgehead atoms. The second-order valence-corrected chi connectivity index (χ2v) is 6.35. The first-order valence-electron chi connectivity index (χ1n) is 7.60. The maximum atomic E-state index is 12.2. The maximum absolute atomic E-state index is 12.2. The van der Waals surface area contributed by atoms with Crippen molar-refractivity contribution < 1.29 is 4.79 Å². The van der Waals surface area contributed by atoms with Gasteiger partial charge in [-0.3, -0.25) is 4.79 Å². The zero-order valence-corrected chi connectivity index (χ0v) is 14.4. The lowest BCUT2D eigenvalue weighted by Gasteiger charge is -2.23. The highest BCUT2D eigenvalue weighted by atomic mass is 79.9. The van der Waals surface area contributed by atoms with E-state index in [4.69, 9.17) is 0 Å². The Morgan fingerprint density at radius 3 is 2.71 bits per heavy atom. The summed E-state index contributed by atoms with van der Waals surface area (Å²) in [5.41, 5.74) is 2.30. The molecule has 2 rings (SSSR count). The van der Waals surface area contributed by atoms with Gasteiger partial charge in [-0.25, -0.2) is 0 Å². The van der Waals surface area contributed by atoms with Crippen molar-refractivity contribution in [2.24, 2.45) is 0 Å². The minimum absolute atomic E-state index is 0.225. The predicted octanol–water partition coefficient (Wildman–Crippen LogP) is 2.62. The number of rotatable bonds is 6. The van der Waals surface area contributed by atoms with Crippen LogP contribution in [0.2, 0.25) is 0 Å². The van der Waals surface area contributed by atoms with Gasteiger partial charge in [0.2, 0.25) is 5.91 Å². The zero-order chi connectivity index (χ0) is 15.2. The average Bonchev–Trinajstić information content (AvgIpc) is 3.00. The van der Waals surface area contributed by atoms with Gasteiger partial charge >= 0.3 is 0 Å². The normalized spacial score (nSPS) is 14.5. The molecule has 0 aromatic heterocycles. The lowest BCUT2D eigenvalue weighted by Crippen LogP contribution is -2.37. The van der Waals surface area contributed by atoms with Crippen molar-refractivity contribution in [3.8, 4) is 0 Å². The highest BCUT2D eigenvalue weighted by Crippen LogP contribution is 2.24. The van der Waals surface area contributed by atoms with E-state index in [-0.39, 0.29) is 5.91 Å². The molecule has 116 valence electrons. The topological polar surface area (TPSA) is 35.6 Å². The Kier molecular flexibility index (Phi) is 6.06. The molecule has 0 atom stereocenters. The molecule has 1 aromatic carbocycles. The number of carbonyl (C=O) groups is 1. The summed E-state index contributed by atoms with van der Waals surface area (Å²) in [5, 5.41) is 3.32. The van der Waals surface area contributed by atoms with E-state index in [2.05, 4.69) is 46.4 Å². The van der Waals surface area contributed by atoms with Crippen LogP contribution in [-0.4, -0.2) is 44.0 Å². The molecule has 1 aromatic rings. The number of halogens is 1. The van der Waals surface area contributed by atoms with Gasteiger partial charge < -0.3 is 15.1 Å². The van der Waals surface area contributed by atoms with Gasteiger partial charge in [0.1, 0.15) is 0 Å². The van der Waals surface area contributed by atoms with Crippen LogP contribution in [0, 0.1) is 0 Å². The van der Waals surface area contributed by atoms with Crippen molar-refractivity contribution in [2.75, 3.05) is 38.1 Å². The van der Waals surface area contributed by atoms with E-state index in [0.717, 1.165) is 49.2 Å². The van der Waals surface area contributed by atoms with Crippen LogP contribution >= 0.6 is 15.9 Å². The lowest BCUT2D eigenvalue weighted by molar-refractivity contribution is -0.128. The van der Waals surface area contributed by atoms with Crippen molar-refractivity contribution in [1.82, 2.24) is 10.2 Å². The van der Waals surface area contributed by atoms with Crippen molar-refractivity contribution in [2.45, 2.75) is 26.3 Å². The molecule has 1 aliphatic rings. The van der Waals surface area contributed by atoms with E-state index in [0.29, 0.717) is 6.54 Å². The number of anilines is 1. The van der Waals surface area contributed by atoms with Gasteiger partial charge in [-0.2, -0.15) is 0 Å². The van der Waals surface area contributed by atoms with E-state index in [1.54, 1.807) is 0 Å². The number of nitrogens with zero attached hydrogens (tertiary/aromatic N) is 2. The first kappa shape index (κ1) is 16.3. The van der Waals surface area contributed by atoms with Gasteiger partial charge in [0.15, 0.2) is 0 Å². The molecule has 1 fully saturated rings. The van der Waals surface area contributed by atoms with Gasteiger partial charge in [-0.1, -0.05) is 28.9 Å². The number of hydrogen-bond donors (Lipinski definition) is 1. The SMILES string of the molecule is CCNCc1ccc(N(C)CC(=O)N2CCCC2)cc1Br. The lowest BCUT2D eigenvalue weighted by atomic mass is 10.2. The van der Waals surface area contributed by atoms with Gasteiger partial charge in [-0.05, 0) is 37.1 Å². The Bertz CT molecular complexity index is 486. The monoisotopic (exact) mass is 353 g/mol. The Labute approximate surface area is 135 Å². The number of benzene rings is 1. The molecular weight excluding hydrogens is 330 g/mol. The van der Waals surface area contributed by atoms with Crippen LogP contribution < -0.4 is 10.2 Å². The molecule has 1 heterocycles. The molecule has 4 nitrogen and oxygen atoms in total. The van der Waals surface area contributed by atoms with Crippen molar-refractivity contribution in [1.29, 1.82) is 0 Å². The molecule has 0 radical (unpaired) electrons. The minimum Gasteiger partial charge on any atom is -0.365 e. The Morgan fingerprint density at radius 2 is 2.10 bits per heavy atom. The van der Waals surface area contributed by atoms with Crippen LogP contribution in [0.25, 0.3) is 0 Å². The highest BCUT2D eigenvalue weighted by Gasteiger charge is 2.19. The maximum Gasteiger partial charge on any atom is 0.242 e. The van der Waals surface area contributed by atoms with E-state index < -0.39 is 0 Å². The molecule has 5 heteroatoms. The summed E-state index contributed by atoms with van der Waals surface area (Å²) in [5.74, 6) is 0.225. The van der Waals surface area contributed by atoms with Crippen molar-refractivity contribution in [3.05, 3.63) is 28.2 Å². The summed E-state index contributed by atoms with van der Waals surface area (Å²) in [4.78, 5) is 16.2. The third-order valence-corrected chi connectivity index (χ3v) is 4.61. The first-order valence-corrected chi connectivity index (χ1v) is 8.39. The second kappa shape index (κ2) is 7.80. The molecule has 1 saturated heterocycles. The summed E-state index contributed by atoms with van der Waals surface area (Å²) in [7, 11) is 1.97. The van der Waals surface area contributed by atoms with Crippen LogP contribution in [0.1, 0.15) is 25.3 Å². The fourth-order valence-corrected chi connectivity index (χ4v) is 3.04. The van der Waals surface area contributed by atoms with Gasteiger partial charge in [-0.15, -0.1) is 0 Å². The minimum atomic E-state index is 0.225. The van der Waals surface area contributed by atoms with Crippen molar-refractivity contribution >= 4 is 27.5 Å². The summed E-state index contributed by atoms with van der Waals surface area (Å²) in [6.07, 6.45) is 2.28. The third-order valence-electron chi connectivity index (χ3n) is 3.87. The van der Waals surface area contributed by atoms with Gasteiger partial charge in [0.05, 0.1) is 6.54 Å². The second-order valence-electron chi connectivity index (χ2n) is 5.50. The Morgan fingerprint density at radius 1 is 1.38 bits per heavy atom. The molecule has 1 aliphatic heterocycles. The number of likely N-dealkylation sites (tertiary alicyclic amines) is 1. The van der Waals surface area contributed by atoms with Gasteiger partial charge in [0, 0.05) is 36.8 Å². The highest BCUT2D eigenvalue weighted by molar-refractivity contribution is 9.10. The summed E-state index contributed by atoms with van der Waals surface area (Å²) in [6, 6.07) is 6.28. The fourth-order valence-electron chi connectivity index (χ4n) is 2.54. The summed E-state index contributed by atoms with van der Waals surface area (Å²) >= 11 is 3.62. The van der Waals surface area contributed by atoms with Crippen LogP contribution in [0.5, 0.6) is 0 Å². The quantitative estimate of drug-likeness (QED) is 0.853. The van der Waals surface area contributed by atoms with Crippen LogP contribution in [0.15, 0.2) is 22.7 Å². The standard InChI is InChI=1S/C16H24BrN3O/c1-3-18-11-13-6-7-14(10-15(13)17)19(2)12-16(21)20-8-4-5-9-20/h6-7,10,18H,3-5,8-9,11-12H2,1-2H3. The van der Waals surface area contributed by atoms with E-state index in [9.17, 15) is 4.79 Å². The number of nitrogens with one attached hydrogen (secondary N) is 1. The fraction of sp³-hybridized carbons (Fsp3) is 0.562. The number of carbonyl (C=O) groups excluding carboxylic acids is 1. The molecule has 0 aliphatic carbocycles. The zero-order valence-electron chi connectivity index (χ0n) is 12.9. The predicted molar refractivity (Wildman–Crippen MR) is 90.6 cm³/mol. The third kappa shape index (κ3) is 4.45. The van der Waals surface area contributed by atoms with E-state index >= 15 is 0 Å². The van der Waals surface area contributed by atoms with Gasteiger partial charge in [0.25, 0.3) is 0 Å². The largest absolute Gasteiger partial charge is 0.365 e. The van der Waals surface area contributed by atoms with Crippen molar-refractivity contribution in [3.63, 3.8) is 0 Å². The Balaban J connectivity index is 1.96. The Hall–Kier alpha value is -1.07. The number of likely N-dealkylation sites (N-methyl/N-ethyl adjacent to an activating group) is 1. The summed E-state index contributed by atoms with van der Waals surface area (Å²) < 4.78 is 1.08. The average molecular weight is 354 g/mol. The number of hydrogen-bond acceptors (Lipinski definition) is 3. The van der Waals surface area contributed by atoms with E-state index in [1.807, 2.05) is 16.8 Å². The first-order chi connectivity index (χ1) is 10.1. The van der Waals surface area contributed by atoms with Crippen LogP contribution in [0.4, 0.5) is 5.69 Å². The van der Waals surface area contributed by atoms with E-state index in [1.165, 1.54) is 5.56 Å². The molecule has 0 saturated carbocycles. The molecule has 1 N–H and O–H groups in total. The van der Waals surface area contributed by atoms with Crippen LogP contribution in [-0.2, 0) is 11.3 Å². The molecule has 1 amide bonds. The number of amides is 1. The molecule has 0 spiro atoms. The summed E-state index contributed by atoms with van der Waals surface area (Å²) in [6.45, 7) is 6.18. The smallest absolute Gasteiger partial charge is 0.242 e. The van der Waals surface area contributed by atoms with Crippen LogP contribution in [0.3, 0.4) is 0 Å². The molecular formula is C16H24BrN3O.